The van der Waals surface area contributed by atoms with Crippen LogP contribution >= 0.6 is 0 Å². The van der Waals surface area contributed by atoms with Crippen LogP contribution in [0, 0.1) is 6.92 Å². The summed E-state index contributed by atoms with van der Waals surface area (Å²) in [6.07, 6.45) is 0. The van der Waals surface area contributed by atoms with Crippen LogP contribution in [0.1, 0.15) is 24.3 Å². The Morgan fingerprint density at radius 2 is 2.18 bits per heavy atom. The Hall–Kier alpha value is -1.89. The Balaban J connectivity index is 1.84. The summed E-state index contributed by atoms with van der Waals surface area (Å²) in [6, 6.07) is 2.23. The van der Waals surface area contributed by atoms with Gasteiger partial charge >= 0.3 is 6.01 Å². The van der Waals surface area contributed by atoms with Gasteiger partial charge in [0.25, 0.3) is 0 Å². The second-order valence-corrected chi connectivity index (χ2v) is 3.57. The Morgan fingerprint density at radius 1 is 1.29 bits per heavy atom. The van der Waals surface area contributed by atoms with Gasteiger partial charge in [0.2, 0.25) is 5.89 Å². The van der Waals surface area contributed by atoms with Crippen LogP contribution in [-0.2, 0) is 13.1 Å². The van der Waals surface area contributed by atoms with Gasteiger partial charge in [-0.2, -0.15) is 0 Å². The van der Waals surface area contributed by atoms with Crippen molar-refractivity contribution < 1.29 is 8.94 Å². The van der Waals surface area contributed by atoms with Gasteiger partial charge in [0.05, 0.1) is 18.8 Å². The summed E-state index contributed by atoms with van der Waals surface area (Å²) < 4.78 is 10.4. The van der Waals surface area contributed by atoms with E-state index in [0.717, 1.165) is 18.0 Å². The van der Waals surface area contributed by atoms with Gasteiger partial charge in [0, 0.05) is 6.07 Å². The molecule has 0 saturated heterocycles. The number of nitrogens with one attached hydrogen (secondary N) is 2. The molecule has 0 spiro atoms. The van der Waals surface area contributed by atoms with Crippen LogP contribution in [-0.4, -0.2) is 21.9 Å². The van der Waals surface area contributed by atoms with Gasteiger partial charge in [-0.15, -0.1) is 5.10 Å². The molecule has 0 aliphatic heterocycles. The third-order valence-electron chi connectivity index (χ3n) is 2.08. The summed E-state index contributed by atoms with van der Waals surface area (Å²) in [5.41, 5.74) is 0.847. The molecule has 0 unspecified atom stereocenters. The maximum Gasteiger partial charge on any atom is 0.315 e. The van der Waals surface area contributed by atoms with Gasteiger partial charge < -0.3 is 19.6 Å². The van der Waals surface area contributed by atoms with Crippen LogP contribution in [0.4, 0.5) is 6.01 Å². The van der Waals surface area contributed by atoms with Crippen molar-refractivity contribution in [2.75, 3.05) is 11.9 Å². The van der Waals surface area contributed by atoms with Crippen molar-refractivity contribution >= 4 is 6.01 Å². The van der Waals surface area contributed by atoms with Crippen LogP contribution in [0.2, 0.25) is 0 Å². The molecule has 2 heterocycles. The van der Waals surface area contributed by atoms with Crippen molar-refractivity contribution in [3.05, 3.63) is 23.4 Å². The van der Waals surface area contributed by atoms with Crippen LogP contribution < -0.4 is 10.6 Å². The summed E-state index contributed by atoms with van der Waals surface area (Å²) in [7, 11) is 0. The predicted octanol–water partition coefficient (Wildman–Crippen LogP) is 1.09. The summed E-state index contributed by atoms with van der Waals surface area (Å²) in [5.74, 6) is 1.29. The van der Waals surface area contributed by atoms with E-state index in [4.69, 9.17) is 8.94 Å². The molecule has 2 N–H and O–H groups in total. The fourth-order valence-corrected chi connectivity index (χ4v) is 1.29. The van der Waals surface area contributed by atoms with Gasteiger partial charge in [0.15, 0.2) is 5.76 Å². The second kappa shape index (κ2) is 5.44. The second-order valence-electron chi connectivity index (χ2n) is 3.57. The largest absolute Gasteiger partial charge is 0.407 e. The Bertz CT molecular complexity index is 465. The summed E-state index contributed by atoms with van der Waals surface area (Å²) in [6.45, 7) is 5.80. The summed E-state index contributed by atoms with van der Waals surface area (Å²) >= 11 is 0. The molecule has 2 aromatic heterocycles. The van der Waals surface area contributed by atoms with Crippen LogP contribution in [0.3, 0.4) is 0 Å². The van der Waals surface area contributed by atoms with Gasteiger partial charge in [0.1, 0.15) is 0 Å². The highest BCUT2D eigenvalue weighted by molar-refractivity contribution is 5.19. The topological polar surface area (TPSA) is 89.0 Å². The first-order valence-corrected chi connectivity index (χ1v) is 5.47. The van der Waals surface area contributed by atoms with Gasteiger partial charge in [-0.1, -0.05) is 17.2 Å². The number of nitrogens with zero attached hydrogens (tertiary/aromatic N) is 3. The molecule has 0 aromatic carbocycles. The van der Waals surface area contributed by atoms with Crippen molar-refractivity contribution in [2.45, 2.75) is 26.9 Å². The van der Waals surface area contributed by atoms with Gasteiger partial charge in [-0.05, 0) is 13.5 Å². The fraction of sp³-hybridized carbons (Fsp3) is 0.500. The number of hydrogen-bond donors (Lipinski definition) is 2. The zero-order chi connectivity index (χ0) is 12.1. The van der Waals surface area contributed by atoms with Crippen molar-refractivity contribution in [1.82, 2.24) is 20.7 Å². The SMILES string of the molecule is CCNCc1nnc(NCc2cc(C)no2)o1. The lowest BCUT2D eigenvalue weighted by molar-refractivity contribution is 0.382. The zero-order valence-electron chi connectivity index (χ0n) is 9.86. The highest BCUT2D eigenvalue weighted by atomic mass is 16.5. The molecule has 7 heteroatoms. The third-order valence-corrected chi connectivity index (χ3v) is 2.08. The molecule has 17 heavy (non-hydrogen) atoms. The monoisotopic (exact) mass is 237 g/mol. The molecule has 0 amide bonds. The zero-order valence-corrected chi connectivity index (χ0v) is 9.86. The van der Waals surface area contributed by atoms with Crippen LogP contribution in [0.15, 0.2) is 15.0 Å². The van der Waals surface area contributed by atoms with E-state index in [9.17, 15) is 0 Å². The average molecular weight is 237 g/mol. The molecule has 0 atom stereocenters. The number of anilines is 1. The lowest BCUT2D eigenvalue weighted by Gasteiger charge is -1.96. The molecule has 92 valence electrons. The number of hydrogen-bond acceptors (Lipinski definition) is 7. The molecular formula is C10H15N5O2. The van der Waals surface area contributed by atoms with E-state index in [1.165, 1.54) is 0 Å². The van der Waals surface area contributed by atoms with Crippen molar-refractivity contribution in [1.29, 1.82) is 0 Å². The molecular weight excluding hydrogens is 222 g/mol. The first-order valence-electron chi connectivity index (χ1n) is 5.47. The lowest BCUT2D eigenvalue weighted by Crippen LogP contribution is -2.11. The molecule has 0 radical (unpaired) electrons. The Labute approximate surface area is 98.6 Å². The van der Waals surface area contributed by atoms with Crippen molar-refractivity contribution in [3.63, 3.8) is 0 Å². The Morgan fingerprint density at radius 3 is 2.88 bits per heavy atom. The molecule has 0 bridgehead atoms. The first-order chi connectivity index (χ1) is 8.28. The van der Waals surface area contributed by atoms with Crippen LogP contribution in [0.5, 0.6) is 0 Å². The van der Waals surface area contributed by atoms with Crippen LogP contribution in [0.25, 0.3) is 0 Å². The molecule has 0 aliphatic carbocycles. The molecule has 2 aromatic rings. The van der Waals surface area contributed by atoms with E-state index in [1.54, 1.807) is 0 Å². The minimum Gasteiger partial charge on any atom is -0.407 e. The van der Waals surface area contributed by atoms with Crippen molar-refractivity contribution in [3.8, 4) is 0 Å². The summed E-state index contributed by atoms with van der Waals surface area (Å²) in [4.78, 5) is 0. The minimum absolute atomic E-state index is 0.381. The van der Waals surface area contributed by atoms with E-state index in [2.05, 4.69) is 26.0 Å². The van der Waals surface area contributed by atoms with E-state index < -0.39 is 0 Å². The smallest absolute Gasteiger partial charge is 0.315 e. The maximum atomic E-state index is 5.36. The van der Waals surface area contributed by atoms with E-state index in [1.807, 2.05) is 19.9 Å². The molecule has 0 fully saturated rings. The normalized spacial score (nSPS) is 10.7. The van der Waals surface area contributed by atoms with E-state index in [0.29, 0.717) is 25.0 Å². The molecule has 2 rings (SSSR count). The standard InChI is InChI=1S/C10H15N5O2/c1-3-11-6-9-13-14-10(16-9)12-5-8-4-7(2)15-17-8/h4,11H,3,5-6H2,1-2H3,(H,12,14). The predicted molar refractivity (Wildman–Crippen MR) is 60.2 cm³/mol. The fourth-order valence-electron chi connectivity index (χ4n) is 1.29. The molecule has 7 nitrogen and oxygen atoms in total. The number of aryl methyl sites for hydroxylation is 1. The number of aromatic nitrogens is 3. The summed E-state index contributed by atoms with van der Waals surface area (Å²) in [5, 5.41) is 17.6. The van der Waals surface area contributed by atoms with E-state index >= 15 is 0 Å². The first kappa shape index (κ1) is 11.6. The minimum atomic E-state index is 0.381. The lowest BCUT2D eigenvalue weighted by atomic mass is 10.4. The highest BCUT2D eigenvalue weighted by Crippen LogP contribution is 2.08. The maximum absolute atomic E-state index is 5.36. The molecule has 0 saturated carbocycles. The van der Waals surface area contributed by atoms with E-state index in [-0.39, 0.29) is 0 Å². The average Bonchev–Trinajstić information content (AvgIpc) is 2.93. The van der Waals surface area contributed by atoms with Gasteiger partial charge in [-0.3, -0.25) is 0 Å². The number of rotatable bonds is 6. The Kier molecular flexibility index (Phi) is 3.71. The van der Waals surface area contributed by atoms with Gasteiger partial charge in [-0.25, -0.2) is 0 Å². The molecule has 0 aliphatic rings. The van der Waals surface area contributed by atoms with Crippen molar-refractivity contribution in [2.24, 2.45) is 0 Å². The highest BCUT2D eigenvalue weighted by Gasteiger charge is 2.06. The quantitative estimate of drug-likeness (QED) is 0.777. The third kappa shape index (κ3) is 3.28.